The first-order valence-corrected chi connectivity index (χ1v) is 7.15. The third-order valence-corrected chi connectivity index (χ3v) is 3.97. The van der Waals surface area contributed by atoms with Crippen molar-refractivity contribution >= 4 is 17.7 Å². The third kappa shape index (κ3) is 2.71. The van der Waals surface area contributed by atoms with E-state index in [4.69, 9.17) is 4.74 Å². The van der Waals surface area contributed by atoms with Crippen LogP contribution in [0.5, 0.6) is 0 Å². The second-order valence-corrected chi connectivity index (χ2v) is 5.42. The van der Waals surface area contributed by atoms with Crippen LogP contribution >= 0.6 is 0 Å². The van der Waals surface area contributed by atoms with Gasteiger partial charge in [-0.3, -0.25) is 4.90 Å². The molecule has 1 aromatic carbocycles. The lowest BCUT2D eigenvalue weighted by molar-refractivity contribution is -0.138. The Morgan fingerprint density at radius 2 is 2.14 bits per heavy atom. The van der Waals surface area contributed by atoms with Gasteiger partial charge in [0, 0.05) is 18.7 Å². The summed E-state index contributed by atoms with van der Waals surface area (Å²) in [5.74, 6) is -0.985. The molecule has 0 aromatic heterocycles. The molecule has 0 radical (unpaired) electrons. The van der Waals surface area contributed by atoms with Gasteiger partial charge in [-0.1, -0.05) is 18.2 Å². The van der Waals surface area contributed by atoms with Crippen LogP contribution in [0.15, 0.2) is 24.3 Å². The van der Waals surface area contributed by atoms with Crippen LogP contribution in [0.4, 0.5) is 10.5 Å². The number of ether oxygens (including phenoxy) is 1. The number of anilines is 1. The zero-order chi connectivity index (χ0) is 14.8. The van der Waals surface area contributed by atoms with Crippen LogP contribution in [0.2, 0.25) is 0 Å². The maximum Gasteiger partial charge on any atom is 0.327 e. The molecule has 112 valence electrons. The standard InChI is InChI=1S/C15H18N2O4/c18-14(19)13-8-10-4-1-2-6-12(10)17(13)15(20)16-11-5-3-7-21-9-11/h1-2,4,6,11,13H,3,5,7-9H2,(H,16,20)(H,18,19). The van der Waals surface area contributed by atoms with Gasteiger partial charge in [0.05, 0.1) is 12.6 Å². The number of carbonyl (C=O) groups is 2. The Kier molecular flexibility index (Phi) is 3.79. The van der Waals surface area contributed by atoms with Crippen LogP contribution in [0.3, 0.4) is 0 Å². The number of carboxylic acids is 1. The first-order chi connectivity index (χ1) is 10.2. The van der Waals surface area contributed by atoms with Gasteiger partial charge in [0.15, 0.2) is 0 Å². The summed E-state index contributed by atoms with van der Waals surface area (Å²) in [5.41, 5.74) is 1.57. The average Bonchev–Trinajstić information content (AvgIpc) is 2.88. The molecule has 6 heteroatoms. The maximum absolute atomic E-state index is 12.5. The molecule has 0 saturated carbocycles. The number of hydrogen-bond donors (Lipinski definition) is 2. The van der Waals surface area contributed by atoms with Crippen molar-refractivity contribution in [1.82, 2.24) is 5.32 Å². The van der Waals surface area contributed by atoms with Gasteiger partial charge in [0.25, 0.3) is 0 Å². The minimum absolute atomic E-state index is 0.0477. The number of para-hydroxylation sites is 1. The van der Waals surface area contributed by atoms with E-state index in [0.29, 0.717) is 18.7 Å². The largest absolute Gasteiger partial charge is 0.480 e. The molecule has 2 atom stereocenters. The van der Waals surface area contributed by atoms with Crippen molar-refractivity contribution in [2.45, 2.75) is 31.3 Å². The van der Waals surface area contributed by atoms with Gasteiger partial charge in [0.1, 0.15) is 6.04 Å². The highest BCUT2D eigenvalue weighted by atomic mass is 16.5. The molecule has 3 rings (SSSR count). The van der Waals surface area contributed by atoms with E-state index in [2.05, 4.69) is 5.32 Å². The highest BCUT2D eigenvalue weighted by Crippen LogP contribution is 2.32. The summed E-state index contributed by atoms with van der Waals surface area (Å²) in [4.78, 5) is 25.3. The van der Waals surface area contributed by atoms with Crippen molar-refractivity contribution in [3.8, 4) is 0 Å². The second kappa shape index (κ2) is 5.73. The van der Waals surface area contributed by atoms with Crippen LogP contribution in [0, 0.1) is 0 Å². The smallest absolute Gasteiger partial charge is 0.327 e. The number of carbonyl (C=O) groups excluding carboxylic acids is 1. The fraction of sp³-hybridized carbons (Fsp3) is 0.467. The molecule has 0 spiro atoms. The van der Waals surface area contributed by atoms with Gasteiger partial charge in [-0.15, -0.1) is 0 Å². The van der Waals surface area contributed by atoms with E-state index in [9.17, 15) is 14.7 Å². The van der Waals surface area contributed by atoms with Gasteiger partial charge in [-0.25, -0.2) is 9.59 Å². The van der Waals surface area contributed by atoms with E-state index in [1.54, 1.807) is 6.07 Å². The monoisotopic (exact) mass is 290 g/mol. The molecule has 1 fully saturated rings. The lowest BCUT2D eigenvalue weighted by Gasteiger charge is -2.28. The van der Waals surface area contributed by atoms with Gasteiger partial charge in [-0.05, 0) is 24.5 Å². The molecule has 2 unspecified atom stereocenters. The maximum atomic E-state index is 12.5. The van der Waals surface area contributed by atoms with Crippen molar-refractivity contribution in [1.29, 1.82) is 0 Å². The summed E-state index contributed by atoms with van der Waals surface area (Å²) in [6.45, 7) is 1.20. The molecular weight excluding hydrogens is 272 g/mol. The summed E-state index contributed by atoms with van der Waals surface area (Å²) in [7, 11) is 0. The fourth-order valence-corrected chi connectivity index (χ4v) is 2.93. The van der Waals surface area contributed by atoms with E-state index in [-0.39, 0.29) is 12.1 Å². The van der Waals surface area contributed by atoms with Gasteiger partial charge in [0.2, 0.25) is 0 Å². The Morgan fingerprint density at radius 3 is 2.86 bits per heavy atom. The Labute approximate surface area is 122 Å². The SMILES string of the molecule is O=C(O)C1Cc2ccccc2N1C(=O)NC1CCCOC1. The predicted octanol–water partition coefficient (Wildman–Crippen LogP) is 1.39. The average molecular weight is 290 g/mol. The highest BCUT2D eigenvalue weighted by molar-refractivity contribution is 6.01. The van der Waals surface area contributed by atoms with Gasteiger partial charge in [-0.2, -0.15) is 0 Å². The van der Waals surface area contributed by atoms with Crippen LogP contribution in [-0.4, -0.2) is 42.4 Å². The number of nitrogens with zero attached hydrogens (tertiary/aromatic N) is 1. The molecule has 1 saturated heterocycles. The molecule has 2 amide bonds. The first kappa shape index (κ1) is 13.9. The predicted molar refractivity (Wildman–Crippen MR) is 76.4 cm³/mol. The van der Waals surface area contributed by atoms with E-state index in [1.807, 2.05) is 18.2 Å². The molecule has 21 heavy (non-hydrogen) atoms. The fourth-order valence-electron chi connectivity index (χ4n) is 2.93. The molecule has 6 nitrogen and oxygen atoms in total. The Hall–Kier alpha value is -2.08. The summed E-state index contributed by atoms with van der Waals surface area (Å²) >= 11 is 0. The first-order valence-electron chi connectivity index (χ1n) is 7.15. The minimum Gasteiger partial charge on any atom is -0.480 e. The van der Waals surface area contributed by atoms with Crippen LogP contribution in [-0.2, 0) is 16.0 Å². The number of fused-ring (bicyclic) bond motifs is 1. The number of amides is 2. The number of rotatable bonds is 2. The van der Waals surface area contributed by atoms with Crippen molar-refractivity contribution in [3.63, 3.8) is 0 Å². The number of nitrogens with one attached hydrogen (secondary N) is 1. The number of benzene rings is 1. The van der Waals surface area contributed by atoms with Crippen LogP contribution < -0.4 is 10.2 Å². The zero-order valence-corrected chi connectivity index (χ0v) is 11.6. The molecule has 0 aliphatic carbocycles. The van der Waals surface area contributed by atoms with E-state index in [0.717, 1.165) is 25.0 Å². The Morgan fingerprint density at radius 1 is 1.33 bits per heavy atom. The summed E-state index contributed by atoms with van der Waals surface area (Å²) in [6, 6.07) is 6.07. The minimum atomic E-state index is -0.985. The van der Waals surface area contributed by atoms with Crippen molar-refractivity contribution < 1.29 is 19.4 Å². The molecule has 2 N–H and O–H groups in total. The van der Waals surface area contributed by atoms with Crippen LogP contribution in [0.25, 0.3) is 0 Å². The number of carboxylic acid groups (broad SMARTS) is 1. The number of hydrogen-bond acceptors (Lipinski definition) is 3. The van der Waals surface area contributed by atoms with E-state index >= 15 is 0 Å². The normalized spacial score (nSPS) is 24.5. The van der Waals surface area contributed by atoms with Crippen molar-refractivity contribution in [2.24, 2.45) is 0 Å². The van der Waals surface area contributed by atoms with Crippen molar-refractivity contribution in [3.05, 3.63) is 29.8 Å². The van der Waals surface area contributed by atoms with E-state index in [1.165, 1.54) is 4.90 Å². The van der Waals surface area contributed by atoms with E-state index < -0.39 is 12.0 Å². The van der Waals surface area contributed by atoms with Crippen LogP contribution in [0.1, 0.15) is 18.4 Å². The second-order valence-electron chi connectivity index (χ2n) is 5.42. The Bertz CT molecular complexity index is 554. The van der Waals surface area contributed by atoms with Crippen molar-refractivity contribution in [2.75, 3.05) is 18.1 Å². The topological polar surface area (TPSA) is 78.9 Å². The molecule has 1 aromatic rings. The quantitative estimate of drug-likeness (QED) is 0.862. The summed E-state index contributed by atoms with van der Waals surface area (Å²) in [5, 5.41) is 12.2. The number of aliphatic carboxylic acids is 1. The highest BCUT2D eigenvalue weighted by Gasteiger charge is 2.38. The lowest BCUT2D eigenvalue weighted by Crippen LogP contribution is -2.52. The molecule has 2 heterocycles. The molecule has 2 aliphatic rings. The third-order valence-electron chi connectivity index (χ3n) is 3.97. The Balaban J connectivity index is 1.80. The van der Waals surface area contributed by atoms with Gasteiger partial charge >= 0.3 is 12.0 Å². The zero-order valence-electron chi connectivity index (χ0n) is 11.6. The molecule has 2 aliphatic heterocycles. The summed E-state index contributed by atoms with van der Waals surface area (Å²) < 4.78 is 5.34. The van der Waals surface area contributed by atoms with Gasteiger partial charge < -0.3 is 15.2 Å². The summed E-state index contributed by atoms with van der Waals surface area (Å²) in [6.07, 6.45) is 2.11. The molecule has 0 bridgehead atoms. The molecular formula is C15H18N2O4. The lowest BCUT2D eigenvalue weighted by atomic mass is 10.1. The number of urea groups is 1.